The first-order valence-electron chi connectivity index (χ1n) is 7.74. The van der Waals surface area contributed by atoms with Crippen molar-refractivity contribution >= 4 is 22.0 Å². The molecule has 7 nitrogen and oxygen atoms in total. The predicted molar refractivity (Wildman–Crippen MR) is 96.7 cm³/mol. The van der Waals surface area contributed by atoms with Crippen molar-refractivity contribution in [3.05, 3.63) is 54.4 Å². The van der Waals surface area contributed by atoms with Gasteiger partial charge in [-0.1, -0.05) is 12.1 Å². The van der Waals surface area contributed by atoms with E-state index in [2.05, 4.69) is 5.10 Å². The van der Waals surface area contributed by atoms with Gasteiger partial charge in [-0.3, -0.25) is 9.56 Å². The minimum Gasteiger partial charge on any atom is -0.495 e. The number of benzene rings is 1. The van der Waals surface area contributed by atoms with Crippen LogP contribution >= 0.6 is 0 Å². The van der Waals surface area contributed by atoms with Crippen LogP contribution in [0.3, 0.4) is 0 Å². The van der Waals surface area contributed by atoms with E-state index in [0.29, 0.717) is 13.0 Å². The summed E-state index contributed by atoms with van der Waals surface area (Å²) in [5, 5.41) is 6.13. The molecule has 0 aliphatic rings. The Labute approximate surface area is 147 Å². The van der Waals surface area contributed by atoms with Gasteiger partial charge in [-0.2, -0.15) is 13.5 Å². The molecule has 2 rings (SSSR count). The number of hydrazone groups is 1. The molecule has 0 radical (unpaired) electrons. The molecule has 0 aliphatic heterocycles. The van der Waals surface area contributed by atoms with E-state index in [1.54, 1.807) is 18.3 Å². The molecule has 0 aliphatic carbocycles. The van der Waals surface area contributed by atoms with Gasteiger partial charge in [-0.05, 0) is 12.1 Å². The van der Waals surface area contributed by atoms with Crippen LogP contribution in [0.2, 0.25) is 0 Å². The molecule has 0 saturated carbocycles. The fraction of sp³-hybridized carbons (Fsp3) is 0.294. The fourth-order valence-electron chi connectivity index (χ4n) is 2.25. The molecular weight excluding hydrogens is 342 g/mol. The van der Waals surface area contributed by atoms with Crippen LogP contribution in [0.15, 0.2) is 53.9 Å². The second kappa shape index (κ2) is 8.59. The van der Waals surface area contributed by atoms with Crippen LogP contribution in [-0.2, 0) is 16.7 Å². The molecule has 1 aromatic heterocycles. The van der Waals surface area contributed by atoms with Crippen LogP contribution in [0.5, 0.6) is 5.75 Å². The standard InChI is InChI=1S/C17H21N3O4S/c1-19(16-6-3-4-7-17(16)24-2)18-14-15-8-11-20(12-9-15)10-5-13-25(21,22)23/h3-4,6-9,11-12,14H,5,10,13H2,1-2H3/p+1. The molecule has 134 valence electrons. The number of aromatic nitrogens is 1. The molecule has 0 spiro atoms. The molecular formula is C17H22N3O4S+. The number of pyridine rings is 1. The monoisotopic (exact) mass is 364 g/mol. The van der Waals surface area contributed by atoms with E-state index in [9.17, 15) is 8.42 Å². The van der Waals surface area contributed by atoms with E-state index in [1.165, 1.54) is 0 Å². The van der Waals surface area contributed by atoms with Crippen molar-refractivity contribution < 1.29 is 22.3 Å². The lowest BCUT2D eigenvalue weighted by Crippen LogP contribution is -2.33. The smallest absolute Gasteiger partial charge is 0.265 e. The number of para-hydroxylation sites is 2. The minimum absolute atomic E-state index is 0.243. The van der Waals surface area contributed by atoms with Crippen molar-refractivity contribution in [1.82, 2.24) is 0 Å². The van der Waals surface area contributed by atoms with Crippen molar-refractivity contribution in [3.63, 3.8) is 0 Å². The molecule has 2 aromatic rings. The van der Waals surface area contributed by atoms with Gasteiger partial charge in [0.2, 0.25) is 0 Å². The van der Waals surface area contributed by atoms with Gasteiger partial charge >= 0.3 is 0 Å². The van der Waals surface area contributed by atoms with E-state index in [4.69, 9.17) is 9.29 Å². The zero-order chi connectivity index (χ0) is 18.3. The normalized spacial score (nSPS) is 11.6. The Kier molecular flexibility index (Phi) is 6.49. The number of hydrogen-bond acceptors (Lipinski definition) is 5. The van der Waals surface area contributed by atoms with Gasteiger partial charge in [-0.15, -0.1) is 0 Å². The van der Waals surface area contributed by atoms with E-state index in [-0.39, 0.29) is 5.75 Å². The van der Waals surface area contributed by atoms with Crippen molar-refractivity contribution in [2.24, 2.45) is 5.10 Å². The zero-order valence-corrected chi connectivity index (χ0v) is 15.1. The Hall–Kier alpha value is -2.45. The Morgan fingerprint density at radius 1 is 1.24 bits per heavy atom. The third-order valence-corrected chi connectivity index (χ3v) is 4.35. The van der Waals surface area contributed by atoms with E-state index >= 15 is 0 Å². The Balaban J connectivity index is 1.97. The van der Waals surface area contributed by atoms with Crippen molar-refractivity contribution in [2.45, 2.75) is 13.0 Å². The number of methoxy groups -OCH3 is 1. The van der Waals surface area contributed by atoms with Gasteiger partial charge in [0.05, 0.1) is 19.1 Å². The summed E-state index contributed by atoms with van der Waals surface area (Å²) >= 11 is 0. The minimum atomic E-state index is -3.90. The first-order chi connectivity index (χ1) is 11.9. The number of anilines is 1. The van der Waals surface area contributed by atoms with E-state index < -0.39 is 10.1 Å². The SMILES string of the molecule is COc1ccccc1N(C)N=Cc1cc[n+](CCCS(=O)(=O)O)cc1. The Morgan fingerprint density at radius 2 is 1.92 bits per heavy atom. The lowest BCUT2D eigenvalue weighted by atomic mass is 10.3. The quantitative estimate of drug-likeness (QED) is 0.334. The van der Waals surface area contributed by atoms with Crippen LogP contribution < -0.4 is 14.3 Å². The highest BCUT2D eigenvalue weighted by Crippen LogP contribution is 2.26. The maximum atomic E-state index is 10.7. The van der Waals surface area contributed by atoms with Gasteiger partial charge in [-0.25, -0.2) is 4.57 Å². The van der Waals surface area contributed by atoms with Crippen LogP contribution in [0.4, 0.5) is 5.69 Å². The van der Waals surface area contributed by atoms with Crippen LogP contribution in [-0.4, -0.2) is 39.1 Å². The van der Waals surface area contributed by atoms with Gasteiger partial charge in [0.15, 0.2) is 12.4 Å². The summed E-state index contributed by atoms with van der Waals surface area (Å²) in [5.74, 6) is 0.499. The molecule has 0 unspecified atom stereocenters. The van der Waals surface area contributed by atoms with Gasteiger partial charge in [0, 0.05) is 31.2 Å². The number of hydrogen-bond donors (Lipinski definition) is 1. The van der Waals surface area contributed by atoms with Crippen LogP contribution in [0.1, 0.15) is 12.0 Å². The van der Waals surface area contributed by atoms with Gasteiger partial charge in [0.1, 0.15) is 18.0 Å². The first-order valence-corrected chi connectivity index (χ1v) is 9.35. The number of aryl methyl sites for hydroxylation is 1. The van der Waals surface area contributed by atoms with Crippen molar-refractivity contribution in [1.29, 1.82) is 0 Å². The van der Waals surface area contributed by atoms with E-state index in [1.807, 2.05) is 60.4 Å². The number of ether oxygens (including phenoxy) is 1. The molecule has 0 saturated heterocycles. The molecule has 1 heterocycles. The number of rotatable bonds is 8. The molecule has 0 bridgehead atoms. The van der Waals surface area contributed by atoms with Crippen LogP contribution in [0, 0.1) is 0 Å². The summed E-state index contributed by atoms with van der Waals surface area (Å²) in [6.07, 6.45) is 5.77. The lowest BCUT2D eigenvalue weighted by molar-refractivity contribution is -0.696. The highest BCUT2D eigenvalue weighted by molar-refractivity contribution is 7.85. The average Bonchev–Trinajstić information content (AvgIpc) is 2.59. The zero-order valence-electron chi connectivity index (χ0n) is 14.2. The largest absolute Gasteiger partial charge is 0.495 e. The maximum absolute atomic E-state index is 10.7. The summed E-state index contributed by atoms with van der Waals surface area (Å²) in [4.78, 5) is 0. The molecule has 0 amide bonds. The highest BCUT2D eigenvalue weighted by atomic mass is 32.2. The third kappa shape index (κ3) is 6.17. The Bertz CT molecular complexity index is 820. The van der Waals surface area contributed by atoms with Gasteiger partial charge < -0.3 is 4.74 Å². The molecule has 0 fully saturated rings. The third-order valence-electron chi connectivity index (χ3n) is 3.55. The topological polar surface area (TPSA) is 83.1 Å². The summed E-state index contributed by atoms with van der Waals surface area (Å²) in [6.45, 7) is 0.512. The molecule has 0 atom stereocenters. The average molecular weight is 364 g/mol. The number of nitrogens with zero attached hydrogens (tertiary/aromatic N) is 3. The maximum Gasteiger partial charge on any atom is 0.265 e. The molecule has 1 aromatic carbocycles. The fourth-order valence-corrected chi connectivity index (χ4v) is 2.74. The van der Waals surface area contributed by atoms with Crippen LogP contribution in [0.25, 0.3) is 0 Å². The van der Waals surface area contributed by atoms with Crippen molar-refractivity contribution in [2.75, 3.05) is 24.9 Å². The van der Waals surface area contributed by atoms with Crippen molar-refractivity contribution in [3.8, 4) is 5.75 Å². The second-order valence-electron chi connectivity index (χ2n) is 5.45. The lowest BCUT2D eigenvalue weighted by Gasteiger charge is -2.15. The first kappa shape index (κ1) is 18.9. The van der Waals surface area contributed by atoms with E-state index in [0.717, 1.165) is 17.0 Å². The molecule has 25 heavy (non-hydrogen) atoms. The predicted octanol–water partition coefficient (Wildman–Crippen LogP) is 1.73. The molecule has 8 heteroatoms. The summed E-state index contributed by atoms with van der Waals surface area (Å²) in [5.41, 5.74) is 1.77. The summed E-state index contributed by atoms with van der Waals surface area (Å²) < 4.78 is 37.3. The summed E-state index contributed by atoms with van der Waals surface area (Å²) in [6, 6.07) is 11.4. The summed E-state index contributed by atoms with van der Waals surface area (Å²) in [7, 11) is -0.444. The van der Waals surface area contributed by atoms with Gasteiger partial charge in [0.25, 0.3) is 10.1 Å². The second-order valence-corrected chi connectivity index (χ2v) is 7.02. The Morgan fingerprint density at radius 3 is 2.56 bits per heavy atom. The highest BCUT2D eigenvalue weighted by Gasteiger charge is 2.08. The molecule has 1 N–H and O–H groups in total.